The Morgan fingerprint density at radius 1 is 1.38 bits per heavy atom. The van der Waals surface area contributed by atoms with Gasteiger partial charge < -0.3 is 10.6 Å². The van der Waals surface area contributed by atoms with Crippen molar-refractivity contribution in [1.82, 2.24) is 10.2 Å². The molecule has 1 aliphatic rings. The van der Waals surface area contributed by atoms with E-state index < -0.39 is 0 Å². The number of benzene rings is 1. The molecule has 1 amide bonds. The van der Waals surface area contributed by atoms with Crippen LogP contribution in [0.25, 0.3) is 0 Å². The first kappa shape index (κ1) is 16.0. The molecule has 2 N–H and O–H groups in total. The zero-order valence-corrected chi connectivity index (χ0v) is 13.1. The van der Waals surface area contributed by atoms with Gasteiger partial charge in [0.1, 0.15) is 0 Å². The van der Waals surface area contributed by atoms with E-state index in [1.807, 2.05) is 37.3 Å². The fourth-order valence-electron chi connectivity index (χ4n) is 2.90. The average Bonchev–Trinajstić information content (AvgIpc) is 2.53. The Labute approximate surface area is 127 Å². The summed E-state index contributed by atoms with van der Waals surface area (Å²) in [6.07, 6.45) is 2.44. The topological polar surface area (TPSA) is 44.4 Å². The van der Waals surface area contributed by atoms with Gasteiger partial charge in [0.25, 0.3) is 0 Å². The van der Waals surface area contributed by atoms with Gasteiger partial charge in [0, 0.05) is 12.2 Å². The minimum atomic E-state index is -0.0744. The number of likely N-dealkylation sites (tertiary alicyclic amines) is 1. The zero-order valence-electron chi connectivity index (χ0n) is 13.1. The van der Waals surface area contributed by atoms with Crippen molar-refractivity contribution >= 4 is 11.6 Å². The van der Waals surface area contributed by atoms with E-state index in [9.17, 15) is 4.79 Å². The molecule has 0 radical (unpaired) electrons. The molecule has 2 rings (SSSR count). The lowest BCUT2D eigenvalue weighted by molar-refractivity contribution is -0.121. The molecule has 2 atom stereocenters. The predicted octanol–water partition coefficient (Wildman–Crippen LogP) is 2.34. The Bertz CT molecular complexity index is 435. The van der Waals surface area contributed by atoms with Crippen LogP contribution in [0.2, 0.25) is 0 Å². The van der Waals surface area contributed by atoms with Crippen molar-refractivity contribution in [1.29, 1.82) is 0 Å². The van der Waals surface area contributed by atoms with Gasteiger partial charge in [0.05, 0.1) is 6.04 Å². The number of amides is 1. The van der Waals surface area contributed by atoms with Gasteiger partial charge in [0.15, 0.2) is 0 Å². The van der Waals surface area contributed by atoms with Gasteiger partial charge in [0.2, 0.25) is 5.91 Å². The molecule has 2 unspecified atom stereocenters. The molecule has 0 spiro atoms. The lowest BCUT2D eigenvalue weighted by Gasteiger charge is -2.36. The Morgan fingerprint density at radius 2 is 2.14 bits per heavy atom. The molecule has 116 valence electrons. The molecule has 0 saturated carbocycles. The summed E-state index contributed by atoms with van der Waals surface area (Å²) >= 11 is 0. The van der Waals surface area contributed by atoms with Crippen LogP contribution in [-0.4, -0.2) is 43.0 Å². The maximum Gasteiger partial charge on any atom is 0.241 e. The van der Waals surface area contributed by atoms with E-state index in [0.717, 1.165) is 31.9 Å². The van der Waals surface area contributed by atoms with Gasteiger partial charge in [-0.2, -0.15) is 0 Å². The molecule has 1 aliphatic heterocycles. The van der Waals surface area contributed by atoms with Crippen molar-refractivity contribution < 1.29 is 4.79 Å². The molecule has 0 bridgehead atoms. The van der Waals surface area contributed by atoms with Gasteiger partial charge in [-0.05, 0) is 57.5 Å². The van der Waals surface area contributed by atoms with Crippen LogP contribution in [0.1, 0.15) is 26.7 Å². The van der Waals surface area contributed by atoms with Gasteiger partial charge in [-0.15, -0.1) is 0 Å². The number of hydrogen-bond donors (Lipinski definition) is 2. The second kappa shape index (κ2) is 8.15. The summed E-state index contributed by atoms with van der Waals surface area (Å²) in [6.45, 7) is 8.24. The van der Waals surface area contributed by atoms with E-state index in [-0.39, 0.29) is 11.9 Å². The number of rotatable bonds is 6. The van der Waals surface area contributed by atoms with E-state index in [0.29, 0.717) is 5.92 Å². The molecule has 21 heavy (non-hydrogen) atoms. The predicted molar refractivity (Wildman–Crippen MR) is 87.4 cm³/mol. The number of nitrogens with one attached hydrogen (secondary N) is 2. The number of carbonyl (C=O) groups is 1. The van der Waals surface area contributed by atoms with E-state index >= 15 is 0 Å². The molecule has 1 aromatic carbocycles. The average molecular weight is 289 g/mol. The maximum absolute atomic E-state index is 12.4. The largest absolute Gasteiger partial charge is 0.325 e. The number of hydrogen-bond acceptors (Lipinski definition) is 3. The van der Waals surface area contributed by atoms with E-state index in [2.05, 4.69) is 22.5 Å². The maximum atomic E-state index is 12.4. The monoisotopic (exact) mass is 289 g/mol. The summed E-state index contributed by atoms with van der Waals surface area (Å²) in [5.41, 5.74) is 0.871. The second-order valence-electron chi connectivity index (χ2n) is 5.84. The van der Waals surface area contributed by atoms with Crippen LogP contribution in [-0.2, 0) is 4.79 Å². The minimum Gasteiger partial charge on any atom is -0.325 e. The highest BCUT2D eigenvalue weighted by Crippen LogP contribution is 2.18. The molecule has 0 aromatic heterocycles. The molecular weight excluding hydrogens is 262 g/mol. The lowest BCUT2D eigenvalue weighted by Crippen LogP contribution is -2.48. The quantitative estimate of drug-likeness (QED) is 0.845. The van der Waals surface area contributed by atoms with Crippen LogP contribution >= 0.6 is 0 Å². The van der Waals surface area contributed by atoms with Gasteiger partial charge >= 0.3 is 0 Å². The first-order valence-electron chi connectivity index (χ1n) is 8.01. The van der Waals surface area contributed by atoms with E-state index in [1.54, 1.807) is 0 Å². The van der Waals surface area contributed by atoms with Gasteiger partial charge in [-0.3, -0.25) is 9.69 Å². The molecule has 4 heteroatoms. The zero-order chi connectivity index (χ0) is 15.1. The molecule has 0 aliphatic carbocycles. The first-order chi connectivity index (χ1) is 10.2. The van der Waals surface area contributed by atoms with Crippen LogP contribution in [0.3, 0.4) is 0 Å². The smallest absolute Gasteiger partial charge is 0.241 e. The lowest BCUT2D eigenvalue weighted by atomic mass is 9.96. The Balaban J connectivity index is 1.86. The Hall–Kier alpha value is -1.39. The number of nitrogens with zero attached hydrogens (tertiary/aromatic N) is 1. The summed E-state index contributed by atoms with van der Waals surface area (Å²) < 4.78 is 0. The van der Waals surface area contributed by atoms with Crippen molar-refractivity contribution in [2.24, 2.45) is 5.92 Å². The summed E-state index contributed by atoms with van der Waals surface area (Å²) in [6, 6.07) is 9.61. The fourth-order valence-corrected chi connectivity index (χ4v) is 2.90. The van der Waals surface area contributed by atoms with Crippen molar-refractivity contribution in [2.75, 3.05) is 31.5 Å². The minimum absolute atomic E-state index is 0.0744. The van der Waals surface area contributed by atoms with Crippen molar-refractivity contribution in [2.45, 2.75) is 32.7 Å². The van der Waals surface area contributed by atoms with Crippen LogP contribution in [0.5, 0.6) is 0 Å². The molecule has 1 fully saturated rings. The summed E-state index contributed by atoms with van der Waals surface area (Å²) in [4.78, 5) is 14.7. The van der Waals surface area contributed by atoms with Gasteiger partial charge in [-0.25, -0.2) is 0 Å². The summed E-state index contributed by atoms with van der Waals surface area (Å²) in [7, 11) is 0. The number of para-hydroxylation sites is 1. The number of piperidine rings is 1. The highest BCUT2D eigenvalue weighted by atomic mass is 16.2. The highest BCUT2D eigenvalue weighted by molar-refractivity contribution is 5.94. The Kier molecular flexibility index (Phi) is 6.21. The van der Waals surface area contributed by atoms with Crippen LogP contribution in [0, 0.1) is 5.92 Å². The summed E-state index contributed by atoms with van der Waals surface area (Å²) in [5, 5.41) is 6.42. The molecule has 1 aromatic rings. The van der Waals surface area contributed by atoms with Crippen LogP contribution < -0.4 is 10.6 Å². The molecule has 1 saturated heterocycles. The van der Waals surface area contributed by atoms with Crippen LogP contribution in [0.15, 0.2) is 30.3 Å². The van der Waals surface area contributed by atoms with Crippen LogP contribution in [0.4, 0.5) is 5.69 Å². The van der Waals surface area contributed by atoms with Gasteiger partial charge in [-0.1, -0.05) is 25.1 Å². The van der Waals surface area contributed by atoms with Crippen molar-refractivity contribution in [3.8, 4) is 0 Å². The molecule has 1 heterocycles. The highest BCUT2D eigenvalue weighted by Gasteiger charge is 2.27. The summed E-state index contributed by atoms with van der Waals surface area (Å²) in [5.74, 6) is 0.746. The second-order valence-corrected chi connectivity index (χ2v) is 5.84. The third kappa shape index (κ3) is 4.83. The third-order valence-corrected chi connectivity index (χ3v) is 4.20. The van der Waals surface area contributed by atoms with E-state index in [4.69, 9.17) is 0 Å². The SMILES string of the molecule is CCNCC1CCCN(C(C)C(=O)Nc2ccccc2)C1. The standard InChI is InChI=1S/C17H27N3O/c1-3-18-12-15-8-7-11-20(13-15)14(2)17(21)19-16-9-5-4-6-10-16/h4-6,9-10,14-15,18H,3,7-8,11-13H2,1-2H3,(H,19,21). The third-order valence-electron chi connectivity index (χ3n) is 4.20. The molecular formula is C17H27N3O. The number of anilines is 1. The fraction of sp³-hybridized carbons (Fsp3) is 0.588. The number of carbonyl (C=O) groups excluding carboxylic acids is 1. The Morgan fingerprint density at radius 3 is 2.86 bits per heavy atom. The first-order valence-corrected chi connectivity index (χ1v) is 8.01. The van der Waals surface area contributed by atoms with E-state index in [1.165, 1.54) is 12.8 Å². The van der Waals surface area contributed by atoms with Crippen molar-refractivity contribution in [3.63, 3.8) is 0 Å². The molecule has 4 nitrogen and oxygen atoms in total. The normalized spacial score (nSPS) is 21.0. The van der Waals surface area contributed by atoms with Crippen molar-refractivity contribution in [3.05, 3.63) is 30.3 Å².